The summed E-state index contributed by atoms with van der Waals surface area (Å²) in [6.07, 6.45) is 7.78. The molecule has 0 aliphatic rings. The van der Waals surface area contributed by atoms with E-state index in [1.807, 2.05) is 36.5 Å². The van der Waals surface area contributed by atoms with E-state index in [0.717, 1.165) is 55.8 Å². The summed E-state index contributed by atoms with van der Waals surface area (Å²) >= 11 is 0. The zero-order chi connectivity index (χ0) is 38.7. The average molecular weight is 916 g/mol. The maximum Gasteiger partial charge on any atom is 0.267 e. The van der Waals surface area contributed by atoms with E-state index < -0.39 is 0 Å². The summed E-state index contributed by atoms with van der Waals surface area (Å²) in [5.74, 6) is 2.01. The molecule has 0 unspecified atom stereocenters. The van der Waals surface area contributed by atoms with Crippen LogP contribution in [-0.4, -0.2) is 14.1 Å². The van der Waals surface area contributed by atoms with Crippen LogP contribution in [0.1, 0.15) is 79.1 Å². The third-order valence-electron chi connectivity index (χ3n) is 10.2. The SMILES string of the molecule is CC(C)(C)c1cc(-[n+]2[c-]n(-c3[c-]c(Oc4[c-]c5c(cc4)c4ccccc4n5-c4ccccn4)cc(-c4ccccc4)c3)c(C(C)(C)C)c2)cc(C(C)(C)C)c1.[Pt]. The van der Waals surface area contributed by atoms with Crippen molar-refractivity contribution in [3.8, 4) is 39.8 Å². The van der Waals surface area contributed by atoms with Crippen LogP contribution in [0.25, 0.3) is 50.1 Å². The summed E-state index contributed by atoms with van der Waals surface area (Å²) in [5.41, 5.74) is 9.47. The molecule has 8 aromatic rings. The molecule has 0 bridgehead atoms. The molecule has 0 fully saturated rings. The number of aromatic nitrogens is 4. The summed E-state index contributed by atoms with van der Waals surface area (Å²) in [6, 6.07) is 47.3. The molecule has 6 heteroatoms. The zero-order valence-electron chi connectivity index (χ0n) is 33.6. The smallest absolute Gasteiger partial charge is 0.267 e. The molecule has 5 nitrogen and oxygen atoms in total. The maximum absolute atomic E-state index is 6.74. The van der Waals surface area contributed by atoms with Gasteiger partial charge in [-0.15, -0.1) is 35.2 Å². The Morgan fingerprint density at radius 1 is 0.607 bits per heavy atom. The minimum absolute atomic E-state index is 0. The molecule has 3 heterocycles. The topological polar surface area (TPSA) is 35.9 Å². The number of benzene rings is 5. The van der Waals surface area contributed by atoms with Crippen molar-refractivity contribution in [2.24, 2.45) is 0 Å². The van der Waals surface area contributed by atoms with E-state index in [1.165, 1.54) is 11.1 Å². The molecule has 0 aliphatic heterocycles. The van der Waals surface area contributed by atoms with Crippen LogP contribution in [0.15, 0.2) is 128 Å². The van der Waals surface area contributed by atoms with Crippen molar-refractivity contribution in [1.29, 1.82) is 0 Å². The minimum Gasteiger partial charge on any atom is -0.510 e. The van der Waals surface area contributed by atoms with E-state index >= 15 is 0 Å². The summed E-state index contributed by atoms with van der Waals surface area (Å²) in [6.45, 7) is 20.4. The van der Waals surface area contributed by atoms with Crippen molar-refractivity contribution in [3.63, 3.8) is 0 Å². The van der Waals surface area contributed by atoms with Gasteiger partial charge in [0.05, 0.1) is 11.4 Å². The van der Waals surface area contributed by atoms with E-state index in [0.29, 0.717) is 11.5 Å². The van der Waals surface area contributed by atoms with Crippen LogP contribution in [0, 0.1) is 18.5 Å². The van der Waals surface area contributed by atoms with Crippen molar-refractivity contribution < 1.29 is 30.4 Å². The van der Waals surface area contributed by atoms with Gasteiger partial charge < -0.3 is 13.9 Å². The van der Waals surface area contributed by atoms with Gasteiger partial charge in [0.2, 0.25) is 0 Å². The number of ether oxygens (including phenoxy) is 1. The standard InChI is InChI=1S/C50H48N4O.Pt/c1-48(2,3)36-27-37(49(4,5)6)29-38(28-36)52-32-46(50(7,8)9)53(33-52)39-25-35(34-17-11-10-12-18-34)26-41(30-39)55-40-22-23-43-42-19-13-14-20-44(42)54(45(43)31-40)47-21-15-16-24-51-47;/h10-29,32H,1-9H3;/q-2;. The Hall–Kier alpha value is -5.25. The molecule has 0 radical (unpaired) electrons. The fourth-order valence-corrected chi connectivity index (χ4v) is 7.11. The van der Waals surface area contributed by atoms with Crippen molar-refractivity contribution in [1.82, 2.24) is 14.1 Å². The molecule has 0 saturated carbocycles. The summed E-state index contributed by atoms with van der Waals surface area (Å²) in [5, 5.41) is 2.22. The van der Waals surface area contributed by atoms with Gasteiger partial charge in [-0.3, -0.25) is 4.57 Å². The Balaban J connectivity index is 0.00000480. The number of pyridine rings is 1. The number of hydrogen-bond acceptors (Lipinski definition) is 2. The fourth-order valence-electron chi connectivity index (χ4n) is 7.11. The monoisotopic (exact) mass is 915 g/mol. The van der Waals surface area contributed by atoms with Crippen molar-refractivity contribution in [3.05, 3.63) is 163 Å². The summed E-state index contributed by atoms with van der Waals surface area (Å²) in [7, 11) is 0. The molecule has 0 saturated heterocycles. The van der Waals surface area contributed by atoms with Crippen LogP contribution in [0.3, 0.4) is 0 Å². The molecule has 56 heavy (non-hydrogen) atoms. The zero-order valence-corrected chi connectivity index (χ0v) is 35.9. The van der Waals surface area contributed by atoms with E-state index in [1.54, 1.807) is 0 Å². The van der Waals surface area contributed by atoms with Gasteiger partial charge in [-0.25, -0.2) is 4.98 Å². The number of nitrogens with zero attached hydrogens (tertiary/aromatic N) is 4. The van der Waals surface area contributed by atoms with Gasteiger partial charge in [-0.1, -0.05) is 128 Å². The van der Waals surface area contributed by atoms with Gasteiger partial charge in [-0.2, -0.15) is 12.1 Å². The van der Waals surface area contributed by atoms with Crippen LogP contribution in [0.2, 0.25) is 0 Å². The van der Waals surface area contributed by atoms with Gasteiger partial charge in [0.15, 0.2) is 0 Å². The van der Waals surface area contributed by atoms with Gasteiger partial charge in [0.25, 0.3) is 6.33 Å². The third kappa shape index (κ3) is 7.62. The summed E-state index contributed by atoms with van der Waals surface area (Å²) in [4.78, 5) is 4.70. The van der Waals surface area contributed by atoms with E-state index in [4.69, 9.17) is 9.72 Å². The van der Waals surface area contributed by atoms with Gasteiger partial charge in [0.1, 0.15) is 5.82 Å². The Labute approximate surface area is 345 Å². The molecular formula is C50H48N4OPt-2. The van der Waals surface area contributed by atoms with E-state index in [2.05, 4.69) is 186 Å². The number of para-hydroxylation sites is 1. The van der Waals surface area contributed by atoms with E-state index in [9.17, 15) is 0 Å². The van der Waals surface area contributed by atoms with Crippen LogP contribution in [-0.2, 0) is 37.3 Å². The van der Waals surface area contributed by atoms with Crippen LogP contribution < -0.4 is 9.30 Å². The van der Waals surface area contributed by atoms with E-state index in [-0.39, 0.29) is 37.3 Å². The number of hydrogen-bond donors (Lipinski definition) is 0. The minimum atomic E-state index is -0.203. The van der Waals surface area contributed by atoms with Gasteiger partial charge >= 0.3 is 0 Å². The van der Waals surface area contributed by atoms with Gasteiger partial charge in [0, 0.05) is 50.5 Å². The van der Waals surface area contributed by atoms with Gasteiger partial charge in [-0.05, 0) is 74.3 Å². The Bertz CT molecular complexity index is 2640. The average Bonchev–Trinajstić information content (AvgIpc) is 3.75. The van der Waals surface area contributed by atoms with Crippen LogP contribution in [0.5, 0.6) is 11.5 Å². The number of rotatable bonds is 6. The third-order valence-corrected chi connectivity index (χ3v) is 10.2. The Morgan fingerprint density at radius 3 is 1.95 bits per heavy atom. The molecule has 0 atom stereocenters. The molecule has 5 aromatic carbocycles. The molecule has 3 aromatic heterocycles. The molecule has 0 N–H and O–H groups in total. The first kappa shape index (κ1) is 39.0. The fraction of sp³-hybridized carbons (Fsp3) is 0.240. The molecular weight excluding hydrogens is 868 g/mol. The first-order valence-electron chi connectivity index (χ1n) is 19.0. The van der Waals surface area contributed by atoms with Crippen molar-refractivity contribution >= 4 is 21.8 Å². The second kappa shape index (κ2) is 14.7. The Morgan fingerprint density at radius 2 is 1.29 bits per heavy atom. The predicted molar refractivity (Wildman–Crippen MR) is 224 cm³/mol. The van der Waals surface area contributed by atoms with Crippen LogP contribution in [0.4, 0.5) is 0 Å². The maximum atomic E-state index is 6.74. The second-order valence-corrected chi connectivity index (χ2v) is 17.6. The van der Waals surface area contributed by atoms with Crippen molar-refractivity contribution in [2.45, 2.75) is 78.6 Å². The largest absolute Gasteiger partial charge is 0.510 e. The molecule has 286 valence electrons. The first-order valence-corrected chi connectivity index (χ1v) is 19.0. The Kier molecular flexibility index (Phi) is 10.2. The predicted octanol–water partition coefficient (Wildman–Crippen LogP) is 12.0. The van der Waals surface area contributed by atoms with Crippen LogP contribution >= 0.6 is 0 Å². The molecule has 0 spiro atoms. The molecule has 0 aliphatic carbocycles. The molecule has 8 rings (SSSR count). The quantitative estimate of drug-likeness (QED) is 0.123. The number of imidazole rings is 1. The second-order valence-electron chi connectivity index (χ2n) is 17.6. The first-order chi connectivity index (χ1) is 26.1. The number of fused-ring (bicyclic) bond motifs is 3. The summed E-state index contributed by atoms with van der Waals surface area (Å²) < 4.78 is 13.2. The van der Waals surface area contributed by atoms with Crippen molar-refractivity contribution in [2.75, 3.05) is 0 Å². The normalized spacial score (nSPS) is 12.2. The molecule has 0 amide bonds.